The molecule has 0 amide bonds. The highest BCUT2D eigenvalue weighted by molar-refractivity contribution is 6.20. The Morgan fingerprint density at radius 2 is 1.24 bits per heavy atom. The highest BCUT2D eigenvalue weighted by Crippen LogP contribution is 2.51. The zero-order chi connectivity index (χ0) is 24.8. The van der Waals surface area contributed by atoms with Crippen molar-refractivity contribution in [3.63, 3.8) is 0 Å². The van der Waals surface area contributed by atoms with Gasteiger partial charge in [0, 0.05) is 16.5 Å². The molecule has 0 spiro atoms. The SMILES string of the molecule is c1ccc(-n2c3ccccc3c3cc(-c4ccc5c(c4)C4=C(C5)c5cccc6cccc4c56)ccc32)cc1. The van der Waals surface area contributed by atoms with Crippen molar-refractivity contribution < 1.29 is 0 Å². The van der Waals surface area contributed by atoms with Crippen molar-refractivity contribution in [1.82, 2.24) is 4.57 Å². The van der Waals surface area contributed by atoms with E-state index in [1.165, 1.54) is 82.8 Å². The van der Waals surface area contributed by atoms with E-state index in [9.17, 15) is 0 Å². The third kappa shape index (κ3) is 2.60. The Labute approximate surface area is 220 Å². The second kappa shape index (κ2) is 7.34. The number of hydrogen-bond donors (Lipinski definition) is 0. The third-order valence-electron chi connectivity index (χ3n) is 8.57. The first kappa shape index (κ1) is 20.2. The molecule has 9 rings (SSSR count). The Kier molecular flexibility index (Phi) is 3.90. The lowest BCUT2D eigenvalue weighted by Gasteiger charge is -2.11. The van der Waals surface area contributed by atoms with Crippen LogP contribution >= 0.6 is 0 Å². The van der Waals surface area contributed by atoms with Gasteiger partial charge in [0.15, 0.2) is 0 Å². The van der Waals surface area contributed by atoms with Gasteiger partial charge in [0.05, 0.1) is 11.0 Å². The average Bonchev–Trinajstić information content (AvgIpc) is 3.62. The summed E-state index contributed by atoms with van der Waals surface area (Å²) in [6.07, 6.45) is 1.02. The minimum absolute atomic E-state index is 1.02. The van der Waals surface area contributed by atoms with Crippen molar-refractivity contribution in [2.24, 2.45) is 0 Å². The lowest BCUT2D eigenvalue weighted by atomic mass is 9.93. The van der Waals surface area contributed by atoms with Crippen molar-refractivity contribution in [3.05, 3.63) is 150 Å². The molecule has 1 aromatic heterocycles. The molecule has 0 bridgehead atoms. The van der Waals surface area contributed by atoms with Crippen LogP contribution in [-0.2, 0) is 6.42 Å². The Hall–Kier alpha value is -4.88. The highest BCUT2D eigenvalue weighted by Gasteiger charge is 2.31. The van der Waals surface area contributed by atoms with Crippen LogP contribution in [0, 0.1) is 0 Å². The molecular formula is C37H23N. The molecule has 0 unspecified atom stereocenters. The Morgan fingerprint density at radius 3 is 2.13 bits per heavy atom. The maximum Gasteiger partial charge on any atom is 0.0541 e. The maximum atomic E-state index is 2.43. The number of para-hydroxylation sites is 2. The van der Waals surface area contributed by atoms with Crippen molar-refractivity contribution in [2.75, 3.05) is 0 Å². The molecular weight excluding hydrogens is 458 g/mol. The quantitative estimate of drug-likeness (QED) is 0.232. The lowest BCUT2D eigenvalue weighted by Crippen LogP contribution is -1.93. The van der Waals surface area contributed by atoms with Crippen LogP contribution in [0.25, 0.3) is 60.5 Å². The summed E-state index contributed by atoms with van der Waals surface area (Å²) in [7, 11) is 0. The summed E-state index contributed by atoms with van der Waals surface area (Å²) in [5.74, 6) is 0. The Morgan fingerprint density at radius 1 is 0.500 bits per heavy atom. The smallest absolute Gasteiger partial charge is 0.0541 e. The number of hydrogen-bond acceptors (Lipinski definition) is 0. The fourth-order valence-corrected chi connectivity index (χ4v) is 6.93. The average molecular weight is 482 g/mol. The summed E-state index contributed by atoms with van der Waals surface area (Å²) in [5.41, 5.74) is 14.8. The first-order valence-electron chi connectivity index (χ1n) is 13.3. The summed E-state index contributed by atoms with van der Waals surface area (Å²) >= 11 is 0. The molecule has 176 valence electrons. The van der Waals surface area contributed by atoms with E-state index in [2.05, 4.69) is 132 Å². The van der Waals surface area contributed by atoms with Crippen molar-refractivity contribution in [1.29, 1.82) is 0 Å². The molecule has 0 saturated carbocycles. The fourth-order valence-electron chi connectivity index (χ4n) is 6.93. The largest absolute Gasteiger partial charge is 0.309 e. The van der Waals surface area contributed by atoms with E-state index in [4.69, 9.17) is 0 Å². The van der Waals surface area contributed by atoms with E-state index in [1.54, 1.807) is 0 Å². The standard InChI is InChI=1S/C37H23N/c1-2-10-27(11-3-1)38-34-15-5-4-12-28(34)32-21-25(18-19-35(32)38)24-16-17-26-22-33-29-13-6-8-23-9-7-14-30(36(23)29)37(33)31(26)20-24/h1-21H,22H2. The fraction of sp³-hybridized carbons (Fsp3) is 0.0270. The number of allylic oxidation sites excluding steroid dienone is 1. The molecule has 0 aliphatic heterocycles. The van der Waals surface area contributed by atoms with Crippen LogP contribution in [0.1, 0.15) is 22.3 Å². The van der Waals surface area contributed by atoms with Gasteiger partial charge in [0.1, 0.15) is 0 Å². The van der Waals surface area contributed by atoms with Gasteiger partial charge >= 0.3 is 0 Å². The summed E-state index contributed by atoms with van der Waals surface area (Å²) < 4.78 is 2.38. The molecule has 38 heavy (non-hydrogen) atoms. The molecule has 1 nitrogen and oxygen atoms in total. The van der Waals surface area contributed by atoms with E-state index in [0.29, 0.717) is 0 Å². The van der Waals surface area contributed by atoms with E-state index in [-0.39, 0.29) is 0 Å². The van der Waals surface area contributed by atoms with Gasteiger partial charge in [-0.15, -0.1) is 0 Å². The summed E-state index contributed by atoms with van der Waals surface area (Å²) in [5, 5.41) is 5.34. The molecule has 6 aromatic carbocycles. The molecule has 2 aliphatic rings. The van der Waals surface area contributed by atoms with Gasteiger partial charge in [-0.2, -0.15) is 0 Å². The van der Waals surface area contributed by atoms with Gasteiger partial charge in [-0.25, -0.2) is 0 Å². The minimum atomic E-state index is 1.02. The summed E-state index contributed by atoms with van der Waals surface area (Å²) in [4.78, 5) is 0. The zero-order valence-corrected chi connectivity index (χ0v) is 20.8. The molecule has 0 radical (unpaired) electrons. The van der Waals surface area contributed by atoms with Gasteiger partial charge in [0.2, 0.25) is 0 Å². The third-order valence-corrected chi connectivity index (χ3v) is 8.57. The zero-order valence-electron chi connectivity index (χ0n) is 20.8. The number of fused-ring (bicyclic) bond motifs is 7. The molecule has 1 heterocycles. The van der Waals surface area contributed by atoms with Crippen LogP contribution in [0.3, 0.4) is 0 Å². The second-order valence-electron chi connectivity index (χ2n) is 10.5. The van der Waals surface area contributed by atoms with Crippen molar-refractivity contribution in [2.45, 2.75) is 6.42 Å². The molecule has 0 fully saturated rings. The van der Waals surface area contributed by atoms with Crippen molar-refractivity contribution >= 4 is 43.7 Å². The summed E-state index contributed by atoms with van der Waals surface area (Å²) in [6.45, 7) is 0. The van der Waals surface area contributed by atoms with Gasteiger partial charge < -0.3 is 4.57 Å². The lowest BCUT2D eigenvalue weighted by molar-refractivity contribution is 1.18. The maximum absolute atomic E-state index is 2.43. The minimum Gasteiger partial charge on any atom is -0.309 e. The van der Waals surface area contributed by atoms with Crippen LogP contribution in [-0.4, -0.2) is 4.57 Å². The Balaban J connectivity index is 1.23. The number of aromatic nitrogens is 1. The van der Waals surface area contributed by atoms with Gasteiger partial charge in [-0.1, -0.05) is 91.0 Å². The predicted octanol–water partition coefficient (Wildman–Crippen LogP) is 9.43. The van der Waals surface area contributed by atoms with E-state index in [1.807, 2.05) is 0 Å². The monoisotopic (exact) mass is 481 g/mol. The van der Waals surface area contributed by atoms with Gasteiger partial charge in [-0.3, -0.25) is 0 Å². The van der Waals surface area contributed by atoms with Crippen LogP contribution in [0.15, 0.2) is 127 Å². The molecule has 7 aromatic rings. The number of nitrogens with zero attached hydrogens (tertiary/aromatic N) is 1. The number of rotatable bonds is 2. The van der Waals surface area contributed by atoms with Crippen LogP contribution in [0.5, 0.6) is 0 Å². The molecule has 1 heteroatoms. The van der Waals surface area contributed by atoms with E-state index in [0.717, 1.165) is 6.42 Å². The van der Waals surface area contributed by atoms with Crippen LogP contribution in [0.2, 0.25) is 0 Å². The summed E-state index contributed by atoms with van der Waals surface area (Å²) in [6, 6.07) is 47.0. The molecule has 0 atom stereocenters. The second-order valence-corrected chi connectivity index (χ2v) is 10.5. The van der Waals surface area contributed by atoms with Gasteiger partial charge in [-0.05, 0) is 98.1 Å². The van der Waals surface area contributed by atoms with E-state index >= 15 is 0 Å². The van der Waals surface area contributed by atoms with E-state index < -0.39 is 0 Å². The molecule has 0 N–H and O–H groups in total. The predicted molar refractivity (Wildman–Crippen MR) is 160 cm³/mol. The van der Waals surface area contributed by atoms with Crippen LogP contribution in [0.4, 0.5) is 0 Å². The van der Waals surface area contributed by atoms with Crippen LogP contribution < -0.4 is 0 Å². The number of benzene rings is 6. The highest BCUT2D eigenvalue weighted by atomic mass is 15.0. The van der Waals surface area contributed by atoms with Crippen molar-refractivity contribution in [3.8, 4) is 16.8 Å². The van der Waals surface area contributed by atoms with Gasteiger partial charge in [0.25, 0.3) is 0 Å². The first-order chi connectivity index (χ1) is 18.8. The Bertz CT molecular complexity index is 2130. The first-order valence-corrected chi connectivity index (χ1v) is 13.3. The molecule has 2 aliphatic carbocycles. The topological polar surface area (TPSA) is 4.93 Å². The molecule has 0 saturated heterocycles. The normalized spacial score (nSPS) is 13.6.